The van der Waals surface area contributed by atoms with Crippen molar-refractivity contribution in [1.29, 1.82) is 0 Å². The summed E-state index contributed by atoms with van der Waals surface area (Å²) >= 11 is 0. The van der Waals surface area contributed by atoms with E-state index < -0.39 is 10.0 Å². The standard InChI is InChI=1S/C18H30N2O3S/c1-16(2)14-18(20-9-11-23-12-10-20)15-19-24(21,22)13-8-17-6-4-3-5-7-17/h3-7,16,18-19H,8-15H2,1-2H3. The first-order chi connectivity index (χ1) is 11.5. The van der Waals surface area contributed by atoms with Crippen LogP contribution >= 0.6 is 0 Å². The van der Waals surface area contributed by atoms with Gasteiger partial charge in [-0.1, -0.05) is 44.2 Å². The van der Waals surface area contributed by atoms with Gasteiger partial charge in [0.1, 0.15) is 0 Å². The Morgan fingerprint density at radius 2 is 1.83 bits per heavy atom. The Hall–Kier alpha value is -0.950. The van der Waals surface area contributed by atoms with E-state index in [-0.39, 0.29) is 11.8 Å². The first-order valence-corrected chi connectivity index (χ1v) is 10.4. The normalized spacial score (nSPS) is 18.0. The van der Waals surface area contributed by atoms with Crippen molar-refractivity contribution in [3.8, 4) is 0 Å². The second-order valence-electron chi connectivity index (χ2n) is 6.83. The van der Waals surface area contributed by atoms with E-state index in [1.807, 2.05) is 30.3 Å². The molecule has 0 amide bonds. The van der Waals surface area contributed by atoms with E-state index in [2.05, 4.69) is 23.5 Å². The quantitative estimate of drug-likeness (QED) is 0.736. The molecule has 0 radical (unpaired) electrons. The number of nitrogens with zero attached hydrogens (tertiary/aromatic N) is 1. The molecule has 136 valence electrons. The fraction of sp³-hybridized carbons (Fsp3) is 0.667. The predicted molar refractivity (Wildman–Crippen MR) is 97.6 cm³/mol. The SMILES string of the molecule is CC(C)CC(CNS(=O)(=O)CCc1ccccc1)N1CCOCC1. The molecule has 1 heterocycles. The van der Waals surface area contributed by atoms with Crippen molar-refractivity contribution in [3.63, 3.8) is 0 Å². The Morgan fingerprint density at radius 3 is 2.46 bits per heavy atom. The Bertz CT molecular complexity index is 569. The summed E-state index contributed by atoms with van der Waals surface area (Å²) in [6, 6.07) is 9.98. The van der Waals surface area contributed by atoms with Crippen molar-refractivity contribution in [3.05, 3.63) is 35.9 Å². The van der Waals surface area contributed by atoms with E-state index in [1.54, 1.807) is 0 Å². The zero-order valence-electron chi connectivity index (χ0n) is 14.8. The molecule has 2 rings (SSSR count). The first-order valence-electron chi connectivity index (χ1n) is 8.79. The predicted octanol–water partition coefficient (Wildman–Crippen LogP) is 1.90. The number of ether oxygens (including phenoxy) is 1. The summed E-state index contributed by atoms with van der Waals surface area (Å²) < 4.78 is 32.9. The molecule has 1 atom stereocenters. The molecule has 1 N–H and O–H groups in total. The number of benzene rings is 1. The van der Waals surface area contributed by atoms with Crippen LogP contribution in [0.2, 0.25) is 0 Å². The molecular formula is C18H30N2O3S. The highest BCUT2D eigenvalue weighted by Crippen LogP contribution is 2.13. The number of sulfonamides is 1. The van der Waals surface area contributed by atoms with Crippen LogP contribution in [0.1, 0.15) is 25.8 Å². The van der Waals surface area contributed by atoms with Crippen LogP contribution in [0.15, 0.2) is 30.3 Å². The van der Waals surface area contributed by atoms with Gasteiger partial charge in [0, 0.05) is 25.7 Å². The molecule has 6 heteroatoms. The van der Waals surface area contributed by atoms with Gasteiger partial charge < -0.3 is 4.74 Å². The summed E-state index contributed by atoms with van der Waals surface area (Å²) in [6.07, 6.45) is 1.53. The summed E-state index contributed by atoms with van der Waals surface area (Å²) in [6.45, 7) is 8.06. The molecule has 0 aliphatic carbocycles. The van der Waals surface area contributed by atoms with Crippen LogP contribution in [0.25, 0.3) is 0 Å². The fourth-order valence-corrected chi connectivity index (χ4v) is 4.14. The first kappa shape index (κ1) is 19.4. The molecule has 0 spiro atoms. The lowest BCUT2D eigenvalue weighted by Crippen LogP contribution is -2.49. The number of hydrogen-bond acceptors (Lipinski definition) is 4. The van der Waals surface area contributed by atoms with Crippen LogP contribution in [0.3, 0.4) is 0 Å². The fourth-order valence-electron chi connectivity index (χ4n) is 3.04. The third-order valence-electron chi connectivity index (χ3n) is 4.35. The Kier molecular flexibility index (Phi) is 7.68. The van der Waals surface area contributed by atoms with Crippen molar-refractivity contribution < 1.29 is 13.2 Å². The molecule has 1 aliphatic rings. The van der Waals surface area contributed by atoms with Gasteiger partial charge in [-0.05, 0) is 24.3 Å². The average molecular weight is 355 g/mol. The number of morpholine rings is 1. The van der Waals surface area contributed by atoms with E-state index in [9.17, 15) is 8.42 Å². The second kappa shape index (κ2) is 9.51. The molecular weight excluding hydrogens is 324 g/mol. The zero-order valence-corrected chi connectivity index (χ0v) is 15.6. The summed E-state index contributed by atoms with van der Waals surface area (Å²) in [5.74, 6) is 0.667. The summed E-state index contributed by atoms with van der Waals surface area (Å²) in [7, 11) is -3.26. The lowest BCUT2D eigenvalue weighted by atomic mass is 10.0. The molecule has 1 saturated heterocycles. The van der Waals surface area contributed by atoms with Crippen molar-refractivity contribution in [2.45, 2.75) is 32.7 Å². The van der Waals surface area contributed by atoms with Gasteiger partial charge in [0.25, 0.3) is 0 Å². The Balaban J connectivity index is 1.86. The molecule has 24 heavy (non-hydrogen) atoms. The topological polar surface area (TPSA) is 58.6 Å². The molecule has 5 nitrogen and oxygen atoms in total. The number of aryl methyl sites for hydroxylation is 1. The van der Waals surface area contributed by atoms with Crippen LogP contribution in [-0.2, 0) is 21.2 Å². The molecule has 1 fully saturated rings. The molecule has 0 saturated carbocycles. The minimum absolute atomic E-state index is 0.133. The molecule has 1 aromatic carbocycles. The smallest absolute Gasteiger partial charge is 0.211 e. The van der Waals surface area contributed by atoms with Gasteiger partial charge in [-0.3, -0.25) is 4.90 Å². The molecule has 1 aliphatic heterocycles. The third-order valence-corrected chi connectivity index (χ3v) is 5.69. The molecule has 0 bridgehead atoms. The summed E-state index contributed by atoms with van der Waals surface area (Å²) in [5, 5.41) is 0. The number of rotatable bonds is 9. The number of hydrogen-bond donors (Lipinski definition) is 1. The van der Waals surface area contributed by atoms with Gasteiger partial charge >= 0.3 is 0 Å². The second-order valence-corrected chi connectivity index (χ2v) is 8.76. The van der Waals surface area contributed by atoms with Crippen molar-refractivity contribution in [2.75, 3.05) is 38.6 Å². The average Bonchev–Trinajstić information content (AvgIpc) is 2.58. The van der Waals surface area contributed by atoms with E-state index in [4.69, 9.17) is 4.74 Å². The Morgan fingerprint density at radius 1 is 1.17 bits per heavy atom. The van der Waals surface area contributed by atoms with E-state index in [0.717, 1.165) is 38.3 Å². The van der Waals surface area contributed by atoms with Crippen molar-refractivity contribution >= 4 is 10.0 Å². The monoisotopic (exact) mass is 354 g/mol. The van der Waals surface area contributed by atoms with E-state index >= 15 is 0 Å². The largest absolute Gasteiger partial charge is 0.379 e. The van der Waals surface area contributed by atoms with Crippen molar-refractivity contribution in [1.82, 2.24) is 9.62 Å². The summed E-state index contributed by atoms with van der Waals surface area (Å²) in [5.41, 5.74) is 1.05. The van der Waals surface area contributed by atoms with Gasteiger partial charge in [0.15, 0.2) is 0 Å². The van der Waals surface area contributed by atoms with Crippen LogP contribution in [0.5, 0.6) is 0 Å². The maximum absolute atomic E-state index is 12.3. The Labute approximate surface area is 146 Å². The maximum Gasteiger partial charge on any atom is 0.211 e. The van der Waals surface area contributed by atoms with E-state index in [1.165, 1.54) is 0 Å². The highest BCUT2D eigenvalue weighted by molar-refractivity contribution is 7.89. The minimum atomic E-state index is -3.26. The van der Waals surface area contributed by atoms with Crippen LogP contribution < -0.4 is 4.72 Å². The third kappa shape index (κ3) is 6.89. The molecule has 1 aromatic rings. The van der Waals surface area contributed by atoms with Crippen molar-refractivity contribution in [2.24, 2.45) is 5.92 Å². The van der Waals surface area contributed by atoms with Gasteiger partial charge in [-0.15, -0.1) is 0 Å². The lowest BCUT2D eigenvalue weighted by Gasteiger charge is -2.35. The van der Waals surface area contributed by atoms with Crippen LogP contribution in [0.4, 0.5) is 0 Å². The highest BCUT2D eigenvalue weighted by atomic mass is 32.2. The molecule has 1 unspecified atom stereocenters. The van der Waals surface area contributed by atoms with Crippen LogP contribution in [-0.4, -0.2) is 58.0 Å². The highest BCUT2D eigenvalue weighted by Gasteiger charge is 2.23. The van der Waals surface area contributed by atoms with Crippen LogP contribution in [0, 0.1) is 5.92 Å². The number of nitrogens with one attached hydrogen (secondary N) is 1. The van der Waals surface area contributed by atoms with Gasteiger partial charge in [0.2, 0.25) is 10.0 Å². The minimum Gasteiger partial charge on any atom is -0.379 e. The zero-order chi connectivity index (χ0) is 17.4. The molecule has 0 aromatic heterocycles. The lowest BCUT2D eigenvalue weighted by molar-refractivity contribution is 0.0134. The maximum atomic E-state index is 12.3. The van der Waals surface area contributed by atoms with Gasteiger partial charge in [0.05, 0.1) is 19.0 Å². The van der Waals surface area contributed by atoms with Gasteiger partial charge in [-0.2, -0.15) is 0 Å². The summed E-state index contributed by atoms with van der Waals surface area (Å²) in [4.78, 5) is 2.35. The van der Waals surface area contributed by atoms with Gasteiger partial charge in [-0.25, -0.2) is 13.1 Å². The van der Waals surface area contributed by atoms with E-state index in [0.29, 0.717) is 18.9 Å².